The summed E-state index contributed by atoms with van der Waals surface area (Å²) in [5.74, 6) is 1.34. The first-order valence-corrected chi connectivity index (χ1v) is 10.2. The third-order valence-electron chi connectivity index (χ3n) is 6.84. The van der Waals surface area contributed by atoms with Gasteiger partial charge in [0.25, 0.3) is 0 Å². The standard InChI is InChI=1S/C22H26O4/c23-16-13-22(11-5-2-6-12-22)26-20-15(16)7-8-18-19(20)17(24)14-21(25-18)9-3-1-4-10-21/h7-8H,1-6,9-14H2. The summed E-state index contributed by atoms with van der Waals surface area (Å²) in [4.78, 5) is 26.0. The van der Waals surface area contributed by atoms with Gasteiger partial charge in [-0.05, 0) is 63.5 Å². The summed E-state index contributed by atoms with van der Waals surface area (Å²) in [5, 5.41) is 0. The molecule has 2 aliphatic carbocycles. The highest BCUT2D eigenvalue weighted by Crippen LogP contribution is 2.49. The fourth-order valence-corrected chi connectivity index (χ4v) is 5.48. The number of hydrogen-bond donors (Lipinski definition) is 0. The van der Waals surface area contributed by atoms with Crippen molar-refractivity contribution in [2.24, 2.45) is 0 Å². The van der Waals surface area contributed by atoms with E-state index >= 15 is 0 Å². The van der Waals surface area contributed by atoms with Crippen LogP contribution < -0.4 is 9.47 Å². The number of rotatable bonds is 0. The quantitative estimate of drug-likeness (QED) is 0.656. The molecular weight excluding hydrogens is 328 g/mol. The molecule has 0 bridgehead atoms. The van der Waals surface area contributed by atoms with Crippen molar-refractivity contribution in [3.63, 3.8) is 0 Å². The van der Waals surface area contributed by atoms with Crippen LogP contribution in [0.3, 0.4) is 0 Å². The van der Waals surface area contributed by atoms with Crippen LogP contribution in [0.2, 0.25) is 0 Å². The summed E-state index contributed by atoms with van der Waals surface area (Å²) >= 11 is 0. The van der Waals surface area contributed by atoms with Gasteiger partial charge in [0, 0.05) is 0 Å². The van der Waals surface area contributed by atoms with Crippen molar-refractivity contribution >= 4 is 11.6 Å². The second kappa shape index (κ2) is 5.83. The molecule has 0 unspecified atom stereocenters. The number of ketones is 2. The van der Waals surface area contributed by atoms with Crippen molar-refractivity contribution in [1.82, 2.24) is 0 Å². The number of benzene rings is 1. The molecule has 5 rings (SSSR count). The molecule has 2 fully saturated rings. The lowest BCUT2D eigenvalue weighted by Crippen LogP contribution is -2.46. The number of Topliss-reactive ketones (excluding diaryl/α,β-unsaturated/α-hetero) is 2. The average molecular weight is 354 g/mol. The second-order valence-electron chi connectivity index (χ2n) is 8.71. The molecule has 4 aliphatic rings. The smallest absolute Gasteiger partial charge is 0.174 e. The molecule has 0 radical (unpaired) electrons. The van der Waals surface area contributed by atoms with E-state index in [2.05, 4.69) is 0 Å². The van der Waals surface area contributed by atoms with E-state index in [9.17, 15) is 9.59 Å². The van der Waals surface area contributed by atoms with Gasteiger partial charge in [0.15, 0.2) is 11.6 Å². The van der Waals surface area contributed by atoms with E-state index in [-0.39, 0.29) is 17.2 Å². The number of carbonyl (C=O) groups excluding carboxylic acids is 2. The molecule has 2 saturated carbocycles. The van der Waals surface area contributed by atoms with E-state index in [0.717, 1.165) is 51.4 Å². The minimum Gasteiger partial charge on any atom is -0.486 e. The minimum absolute atomic E-state index is 0.0886. The van der Waals surface area contributed by atoms with Crippen LogP contribution in [0.5, 0.6) is 11.5 Å². The molecule has 0 amide bonds. The van der Waals surface area contributed by atoms with Crippen molar-refractivity contribution in [1.29, 1.82) is 0 Å². The predicted molar refractivity (Wildman–Crippen MR) is 97.2 cm³/mol. The van der Waals surface area contributed by atoms with Crippen LogP contribution >= 0.6 is 0 Å². The van der Waals surface area contributed by atoms with E-state index in [0.29, 0.717) is 35.5 Å². The monoisotopic (exact) mass is 354 g/mol. The van der Waals surface area contributed by atoms with Crippen LogP contribution in [0, 0.1) is 0 Å². The first-order valence-electron chi connectivity index (χ1n) is 10.2. The Morgan fingerprint density at radius 3 is 1.92 bits per heavy atom. The summed E-state index contributed by atoms with van der Waals surface area (Å²) in [6.45, 7) is 0. The van der Waals surface area contributed by atoms with Gasteiger partial charge in [-0.25, -0.2) is 0 Å². The molecule has 2 aliphatic heterocycles. The first-order chi connectivity index (χ1) is 12.6. The molecule has 0 aromatic heterocycles. The van der Waals surface area contributed by atoms with Gasteiger partial charge in [-0.1, -0.05) is 12.8 Å². The lowest BCUT2D eigenvalue weighted by atomic mass is 9.76. The lowest BCUT2D eigenvalue weighted by molar-refractivity contribution is 0.00332. The molecule has 1 aromatic rings. The van der Waals surface area contributed by atoms with E-state index in [1.165, 1.54) is 12.8 Å². The summed E-state index contributed by atoms with van der Waals surface area (Å²) < 4.78 is 12.8. The third-order valence-corrected chi connectivity index (χ3v) is 6.84. The van der Waals surface area contributed by atoms with Crippen molar-refractivity contribution in [3.8, 4) is 11.5 Å². The maximum absolute atomic E-state index is 13.1. The normalized spacial score (nSPS) is 26.0. The summed E-state index contributed by atoms with van der Waals surface area (Å²) in [6.07, 6.45) is 11.4. The predicted octanol–water partition coefficient (Wildman–Crippen LogP) is 5.02. The van der Waals surface area contributed by atoms with E-state index in [4.69, 9.17) is 9.47 Å². The highest BCUT2D eigenvalue weighted by atomic mass is 16.5. The van der Waals surface area contributed by atoms with Crippen LogP contribution in [0.25, 0.3) is 0 Å². The maximum atomic E-state index is 13.1. The highest BCUT2D eigenvalue weighted by molar-refractivity contribution is 6.09. The number of ether oxygens (including phenoxy) is 2. The average Bonchev–Trinajstić information content (AvgIpc) is 2.62. The Kier molecular flexibility index (Phi) is 3.67. The Hall–Kier alpha value is -1.84. The van der Waals surface area contributed by atoms with Gasteiger partial charge in [0.2, 0.25) is 0 Å². The molecule has 0 saturated heterocycles. The van der Waals surface area contributed by atoms with Gasteiger partial charge in [-0.3, -0.25) is 9.59 Å². The minimum atomic E-state index is -0.405. The Morgan fingerprint density at radius 2 is 1.27 bits per heavy atom. The fraction of sp³-hybridized carbons (Fsp3) is 0.636. The molecule has 0 N–H and O–H groups in total. The topological polar surface area (TPSA) is 52.6 Å². The molecule has 26 heavy (non-hydrogen) atoms. The maximum Gasteiger partial charge on any atom is 0.174 e. The fourth-order valence-electron chi connectivity index (χ4n) is 5.48. The van der Waals surface area contributed by atoms with Crippen molar-refractivity contribution in [2.45, 2.75) is 88.3 Å². The van der Waals surface area contributed by atoms with E-state index in [1.807, 2.05) is 6.07 Å². The van der Waals surface area contributed by atoms with E-state index < -0.39 is 5.60 Å². The highest BCUT2D eigenvalue weighted by Gasteiger charge is 2.47. The Balaban J connectivity index is 1.56. The number of fused-ring (bicyclic) bond motifs is 3. The molecule has 4 nitrogen and oxygen atoms in total. The molecule has 2 heterocycles. The zero-order chi connectivity index (χ0) is 17.8. The van der Waals surface area contributed by atoms with Crippen LogP contribution in [-0.2, 0) is 0 Å². The third kappa shape index (κ3) is 2.49. The molecule has 2 spiro atoms. The zero-order valence-electron chi connectivity index (χ0n) is 15.3. The molecule has 4 heteroatoms. The second-order valence-corrected chi connectivity index (χ2v) is 8.71. The molecule has 1 aromatic carbocycles. The Bertz CT molecular complexity index is 767. The van der Waals surface area contributed by atoms with Gasteiger partial charge in [-0.15, -0.1) is 0 Å². The number of hydrogen-bond acceptors (Lipinski definition) is 4. The summed E-state index contributed by atoms with van der Waals surface area (Å²) in [5.41, 5.74) is 0.350. The Labute approximate surface area is 154 Å². The van der Waals surface area contributed by atoms with Gasteiger partial charge in [0.1, 0.15) is 28.3 Å². The van der Waals surface area contributed by atoms with Crippen LogP contribution in [0.1, 0.15) is 97.8 Å². The van der Waals surface area contributed by atoms with Gasteiger partial charge in [-0.2, -0.15) is 0 Å². The van der Waals surface area contributed by atoms with Crippen LogP contribution in [0.15, 0.2) is 12.1 Å². The van der Waals surface area contributed by atoms with Crippen molar-refractivity contribution in [3.05, 3.63) is 23.3 Å². The van der Waals surface area contributed by atoms with Crippen LogP contribution in [-0.4, -0.2) is 22.8 Å². The lowest BCUT2D eigenvalue weighted by Gasteiger charge is -2.44. The summed E-state index contributed by atoms with van der Waals surface area (Å²) in [7, 11) is 0. The van der Waals surface area contributed by atoms with Crippen LogP contribution in [0.4, 0.5) is 0 Å². The number of carbonyl (C=O) groups is 2. The SMILES string of the molecule is O=C1CC2(CCCCC2)Oc2c1ccc1c2C(=O)CC2(CCCCC2)O1. The molecule has 138 valence electrons. The Morgan fingerprint density at radius 1 is 0.692 bits per heavy atom. The van der Waals surface area contributed by atoms with Crippen molar-refractivity contribution in [2.75, 3.05) is 0 Å². The summed E-state index contributed by atoms with van der Waals surface area (Å²) in [6, 6.07) is 3.63. The largest absolute Gasteiger partial charge is 0.486 e. The van der Waals surface area contributed by atoms with Gasteiger partial charge >= 0.3 is 0 Å². The van der Waals surface area contributed by atoms with E-state index in [1.54, 1.807) is 6.07 Å². The zero-order valence-corrected chi connectivity index (χ0v) is 15.3. The first kappa shape index (κ1) is 16.3. The van der Waals surface area contributed by atoms with Crippen molar-refractivity contribution < 1.29 is 19.1 Å². The molecular formula is C22H26O4. The molecule has 0 atom stereocenters. The van der Waals surface area contributed by atoms with Gasteiger partial charge < -0.3 is 9.47 Å². The van der Waals surface area contributed by atoms with Gasteiger partial charge in [0.05, 0.1) is 18.4 Å².